The fourth-order valence-corrected chi connectivity index (χ4v) is 7.43. The molecule has 4 atom stereocenters. The highest BCUT2D eigenvalue weighted by atomic mass is 16.7. The van der Waals surface area contributed by atoms with E-state index in [0.717, 1.165) is 11.1 Å². The second-order valence-electron chi connectivity index (χ2n) is 20.5. The molecule has 0 unspecified atom stereocenters. The SMILES string of the molecule is CC(C)[C@H](C)C(=O)N[C@@H](CCCNC(N)=O)C(=O)Cc1ccc(CO)cc1.CC(C)[C@H](C)C(=O)N[C@@H](CCCNC(N)=O)C(=O)Cc1ccc(COC(=O)Oc2ccc([N+](=O)[O-])cc2)cc1.O=C(Oc1ccc([N+](=O)[O-])cc1)Oc1ccc([N+](=O)[O-])cc1. The van der Waals surface area contributed by atoms with E-state index in [2.05, 4.69) is 21.3 Å². The largest absolute Gasteiger partial charge is 0.519 e. The molecule has 0 aliphatic heterocycles. The number of ether oxygens (including phenoxy) is 4. The summed E-state index contributed by atoms with van der Waals surface area (Å²) in [6.07, 6.45) is -0.0150. The van der Waals surface area contributed by atoms with Crippen LogP contribution in [0.15, 0.2) is 121 Å². The van der Waals surface area contributed by atoms with E-state index in [0.29, 0.717) is 43.4 Å². The van der Waals surface area contributed by atoms with Crippen LogP contribution in [-0.4, -0.2) is 92.8 Å². The lowest BCUT2D eigenvalue weighted by atomic mass is 9.95. The molecule has 0 aromatic heterocycles. The number of Topliss-reactive ketones (excluding diaryl/α,β-unsaturated/α-hetero) is 2. The number of hydrogen-bond donors (Lipinski definition) is 7. The van der Waals surface area contributed by atoms with E-state index < -0.39 is 51.2 Å². The van der Waals surface area contributed by atoms with Gasteiger partial charge in [0, 0.05) is 74.2 Å². The predicted octanol–water partition coefficient (Wildman–Crippen LogP) is 8.24. The molecule has 9 N–H and O–H groups in total. The molecule has 0 aliphatic carbocycles. The zero-order valence-electron chi connectivity index (χ0n) is 49.4. The molecule has 472 valence electrons. The molecule has 0 saturated carbocycles. The van der Waals surface area contributed by atoms with Crippen molar-refractivity contribution < 1.29 is 77.2 Å². The van der Waals surface area contributed by atoms with Crippen LogP contribution in [-0.2, 0) is 50.0 Å². The van der Waals surface area contributed by atoms with Crippen molar-refractivity contribution >= 4 is 64.8 Å². The van der Waals surface area contributed by atoms with Crippen LogP contribution in [0.25, 0.3) is 0 Å². The first-order chi connectivity index (χ1) is 41.6. The van der Waals surface area contributed by atoms with Gasteiger partial charge in [-0.15, -0.1) is 0 Å². The average molecular weight is 1220 g/mol. The van der Waals surface area contributed by atoms with Crippen LogP contribution >= 0.6 is 0 Å². The number of nitro benzene ring substituents is 3. The molecule has 5 rings (SSSR count). The first-order valence-corrected chi connectivity index (χ1v) is 27.6. The van der Waals surface area contributed by atoms with E-state index in [1.54, 1.807) is 55.5 Å². The molecule has 0 saturated heterocycles. The third-order valence-electron chi connectivity index (χ3n) is 13.3. The van der Waals surface area contributed by atoms with Gasteiger partial charge in [0.25, 0.3) is 17.1 Å². The maximum absolute atomic E-state index is 13.1. The molecule has 5 aromatic carbocycles. The van der Waals surface area contributed by atoms with Gasteiger partial charge >= 0.3 is 24.4 Å². The number of ketones is 2. The van der Waals surface area contributed by atoms with Crippen molar-refractivity contribution in [3.05, 3.63) is 174 Å². The Morgan fingerprint density at radius 1 is 0.466 bits per heavy atom. The van der Waals surface area contributed by atoms with Crippen molar-refractivity contribution in [2.45, 2.75) is 105 Å². The number of non-ortho nitro benzene ring substituents is 3. The number of urea groups is 2. The van der Waals surface area contributed by atoms with Gasteiger partial charge in [-0.1, -0.05) is 90.1 Å². The average Bonchev–Trinajstić information content (AvgIpc) is 3.70. The van der Waals surface area contributed by atoms with E-state index in [4.69, 9.17) is 35.5 Å². The molecule has 0 aliphatic rings. The van der Waals surface area contributed by atoms with Crippen LogP contribution in [0.4, 0.5) is 36.2 Å². The first kappa shape index (κ1) is 71.9. The molecule has 28 heteroatoms. The van der Waals surface area contributed by atoms with Crippen LogP contribution in [0.3, 0.4) is 0 Å². The molecule has 5 aromatic rings. The quantitative estimate of drug-likeness (QED) is 0.00778. The molecule has 88 heavy (non-hydrogen) atoms. The van der Waals surface area contributed by atoms with Crippen molar-refractivity contribution in [1.29, 1.82) is 0 Å². The van der Waals surface area contributed by atoms with Gasteiger partial charge in [0.2, 0.25) is 11.8 Å². The summed E-state index contributed by atoms with van der Waals surface area (Å²) >= 11 is 0. The normalized spacial score (nSPS) is 11.9. The van der Waals surface area contributed by atoms with E-state index in [1.165, 1.54) is 72.8 Å². The number of nitrogens with one attached hydrogen (secondary N) is 4. The van der Waals surface area contributed by atoms with Crippen molar-refractivity contribution in [3.8, 4) is 17.2 Å². The number of nitrogens with two attached hydrogens (primary N) is 2. The third-order valence-corrected chi connectivity index (χ3v) is 13.3. The van der Waals surface area contributed by atoms with Crippen molar-refractivity contribution in [2.75, 3.05) is 13.1 Å². The van der Waals surface area contributed by atoms with Crippen molar-refractivity contribution in [3.63, 3.8) is 0 Å². The lowest BCUT2D eigenvalue weighted by molar-refractivity contribution is -0.385. The van der Waals surface area contributed by atoms with Gasteiger partial charge in [0.05, 0.1) is 33.5 Å². The van der Waals surface area contributed by atoms with Crippen LogP contribution < -0.4 is 46.9 Å². The van der Waals surface area contributed by atoms with Crippen LogP contribution in [0, 0.1) is 54.0 Å². The molecular formula is C60H73N9O19. The molecule has 0 fully saturated rings. The summed E-state index contributed by atoms with van der Waals surface area (Å²) in [7, 11) is 0. The maximum atomic E-state index is 13.1. The van der Waals surface area contributed by atoms with Gasteiger partial charge in [0.1, 0.15) is 23.9 Å². The van der Waals surface area contributed by atoms with Crippen LogP contribution in [0.1, 0.15) is 89.5 Å². The van der Waals surface area contributed by atoms with Gasteiger partial charge in [-0.3, -0.25) is 49.5 Å². The number of primary amides is 2. The summed E-state index contributed by atoms with van der Waals surface area (Å²) < 4.78 is 19.7. The molecule has 0 heterocycles. The number of benzene rings is 5. The van der Waals surface area contributed by atoms with Gasteiger partial charge in [-0.2, -0.15) is 0 Å². The summed E-state index contributed by atoms with van der Waals surface area (Å²) in [4.78, 5) is 126. The molecule has 0 bridgehead atoms. The highest BCUT2D eigenvalue weighted by molar-refractivity contribution is 5.92. The van der Waals surface area contributed by atoms with Crippen molar-refractivity contribution in [1.82, 2.24) is 21.3 Å². The summed E-state index contributed by atoms with van der Waals surface area (Å²) in [6, 6.07) is 26.1. The smallest absolute Gasteiger partial charge is 0.429 e. The number of aliphatic hydroxyl groups excluding tert-OH is 1. The summed E-state index contributed by atoms with van der Waals surface area (Å²) in [5, 5.41) is 51.4. The molecule has 28 nitrogen and oxygen atoms in total. The number of rotatable bonds is 29. The van der Waals surface area contributed by atoms with Gasteiger partial charge in [0.15, 0.2) is 11.6 Å². The monoisotopic (exact) mass is 1220 g/mol. The van der Waals surface area contributed by atoms with E-state index in [9.17, 15) is 68.7 Å². The highest BCUT2D eigenvalue weighted by Gasteiger charge is 2.27. The molecule has 6 amide bonds. The van der Waals surface area contributed by atoms with Gasteiger partial charge < -0.3 is 56.8 Å². The van der Waals surface area contributed by atoms with Crippen molar-refractivity contribution in [2.24, 2.45) is 35.1 Å². The minimum absolute atomic E-state index is 0.0487. The second kappa shape index (κ2) is 37.1. The standard InChI is InChI=1S/C27H34N4O8.C20H31N3O4.C13H8N2O7/c1-17(2)18(3)25(33)30-23(5-4-14-29-26(28)34)24(32)15-19-6-8-20(9-7-19)16-38-27(35)39-22-12-10-21(11-13-22)31(36)37;1-13(2)14(3)19(26)23-17(5-4-10-22-20(21)27)18(25)11-15-6-8-16(12-24)9-7-15;16-13(21-11-5-1-9(2-6-11)14(17)18)22-12-7-3-10(4-8-12)15(19)20/h6-13,17-18,23H,4-5,14-16H2,1-3H3,(H,30,33)(H3,28,29,34);6-9,13-14,17,24H,4-5,10-12H2,1-3H3,(H,23,26)(H3,21,22,27);1-8H/t18-,23-;14-,17-;/m00./s1. The number of carbonyl (C=O) groups excluding carboxylic acids is 8. The number of amides is 6. The van der Waals surface area contributed by atoms with Crippen LogP contribution in [0.2, 0.25) is 0 Å². The lowest BCUT2D eigenvalue weighted by Gasteiger charge is -2.22. The second-order valence-corrected chi connectivity index (χ2v) is 20.5. The third kappa shape index (κ3) is 27.1. The predicted molar refractivity (Wildman–Crippen MR) is 318 cm³/mol. The number of nitrogens with zero attached hydrogens (tertiary/aromatic N) is 3. The van der Waals surface area contributed by atoms with Gasteiger partial charge in [-0.05, 0) is 96.2 Å². The fraction of sp³-hybridized carbons (Fsp3) is 0.367. The minimum atomic E-state index is -1.07. The van der Waals surface area contributed by atoms with Crippen LogP contribution in [0.5, 0.6) is 17.2 Å². The molecular weight excluding hydrogens is 1150 g/mol. The zero-order chi connectivity index (χ0) is 65.5. The Hall–Kier alpha value is -10.4. The molecule has 0 spiro atoms. The summed E-state index contributed by atoms with van der Waals surface area (Å²) in [5.41, 5.74) is 12.7. The Kier molecular flexibility index (Phi) is 30.3. The Labute approximate surface area is 506 Å². The van der Waals surface area contributed by atoms with E-state index in [-0.39, 0.29) is 114 Å². The Morgan fingerprint density at radius 2 is 0.773 bits per heavy atom. The topological polar surface area (TPSA) is 423 Å². The zero-order valence-corrected chi connectivity index (χ0v) is 49.4. The molecule has 0 radical (unpaired) electrons. The Bertz CT molecular complexity index is 3080. The maximum Gasteiger partial charge on any atom is 0.519 e. The number of hydrogen-bond acceptors (Lipinski definition) is 19. The lowest BCUT2D eigenvalue weighted by Crippen LogP contribution is -2.45. The number of nitro groups is 3. The van der Waals surface area contributed by atoms with E-state index >= 15 is 0 Å². The Balaban J connectivity index is 0.000000362. The minimum Gasteiger partial charge on any atom is -0.429 e. The van der Waals surface area contributed by atoms with E-state index in [1.807, 2.05) is 34.6 Å². The first-order valence-electron chi connectivity index (χ1n) is 27.6. The summed E-state index contributed by atoms with van der Waals surface area (Å²) in [5.74, 6) is -0.570. The fourth-order valence-electron chi connectivity index (χ4n) is 7.43. The number of aliphatic hydroxyl groups is 1. The summed E-state index contributed by atoms with van der Waals surface area (Å²) in [6.45, 7) is 11.9. The van der Waals surface area contributed by atoms with Gasteiger partial charge in [-0.25, -0.2) is 19.2 Å². The highest BCUT2D eigenvalue weighted by Crippen LogP contribution is 2.22. The Morgan fingerprint density at radius 3 is 1.07 bits per heavy atom. The number of carbonyl (C=O) groups is 8.